The van der Waals surface area contributed by atoms with Crippen molar-refractivity contribution in [2.24, 2.45) is 0 Å². The van der Waals surface area contributed by atoms with Crippen molar-refractivity contribution in [3.8, 4) is 5.75 Å². The minimum absolute atomic E-state index is 0.0158. The van der Waals surface area contributed by atoms with Gasteiger partial charge < -0.3 is 15.0 Å². The van der Waals surface area contributed by atoms with Crippen LogP contribution in [0.25, 0.3) is 0 Å². The maximum Gasteiger partial charge on any atom is 0.243 e. The number of thioether (sulfide) groups is 1. The Morgan fingerprint density at radius 1 is 1.15 bits per heavy atom. The molecule has 2 rings (SSSR count). The van der Waals surface area contributed by atoms with Crippen molar-refractivity contribution in [2.45, 2.75) is 58.0 Å². The summed E-state index contributed by atoms with van der Waals surface area (Å²) in [6, 6.07) is 11.4. The average molecular weight is 495 g/mol. The molecular formula is C25H32ClFN2O3S. The van der Waals surface area contributed by atoms with Crippen LogP contribution in [-0.2, 0) is 21.9 Å². The molecule has 0 radical (unpaired) electrons. The SMILES string of the molecule is CC[C@H](C)NC(=O)[C@H](CC)N(Cc1ccc(OC)cc1)C(=O)CSCc1c(F)cccc1Cl. The van der Waals surface area contributed by atoms with Crippen LogP contribution in [0.15, 0.2) is 42.5 Å². The Bertz CT molecular complexity index is 906. The van der Waals surface area contributed by atoms with Crippen LogP contribution in [0, 0.1) is 5.82 Å². The molecule has 2 aromatic rings. The summed E-state index contributed by atoms with van der Waals surface area (Å²) in [6.07, 6.45) is 1.28. The molecule has 1 N–H and O–H groups in total. The van der Waals surface area contributed by atoms with Crippen LogP contribution >= 0.6 is 23.4 Å². The molecule has 0 bridgehead atoms. The van der Waals surface area contributed by atoms with Gasteiger partial charge in [0.05, 0.1) is 12.9 Å². The standard InChI is InChI=1S/C25H32ClFN2O3S/c1-5-17(3)28-25(31)23(6-2)29(14-18-10-12-19(32-4)13-11-18)24(30)16-33-15-20-21(26)8-7-9-22(20)27/h7-13,17,23H,5-6,14-16H2,1-4H3,(H,28,31)/t17-,23-/m0/s1. The number of methoxy groups -OCH3 is 1. The highest BCUT2D eigenvalue weighted by Crippen LogP contribution is 2.25. The quantitative estimate of drug-likeness (QED) is 0.426. The first-order valence-electron chi connectivity index (χ1n) is 11.0. The fourth-order valence-electron chi connectivity index (χ4n) is 3.28. The molecule has 5 nitrogen and oxygen atoms in total. The van der Waals surface area contributed by atoms with E-state index < -0.39 is 11.9 Å². The van der Waals surface area contributed by atoms with Gasteiger partial charge in [0.2, 0.25) is 11.8 Å². The Hall–Kier alpha value is -2.25. The lowest BCUT2D eigenvalue weighted by Crippen LogP contribution is -2.51. The second-order valence-corrected chi connectivity index (χ2v) is 9.20. The van der Waals surface area contributed by atoms with E-state index in [4.69, 9.17) is 16.3 Å². The highest BCUT2D eigenvalue weighted by atomic mass is 35.5. The van der Waals surface area contributed by atoms with Crippen LogP contribution in [0.1, 0.15) is 44.7 Å². The monoisotopic (exact) mass is 494 g/mol. The largest absolute Gasteiger partial charge is 0.497 e. The van der Waals surface area contributed by atoms with Crippen molar-refractivity contribution < 1.29 is 18.7 Å². The molecule has 180 valence electrons. The number of nitrogens with one attached hydrogen (secondary N) is 1. The van der Waals surface area contributed by atoms with Crippen molar-refractivity contribution in [1.82, 2.24) is 10.2 Å². The second-order valence-electron chi connectivity index (χ2n) is 7.80. The molecular weight excluding hydrogens is 463 g/mol. The van der Waals surface area contributed by atoms with E-state index in [-0.39, 0.29) is 35.9 Å². The van der Waals surface area contributed by atoms with Gasteiger partial charge in [0.1, 0.15) is 17.6 Å². The van der Waals surface area contributed by atoms with Gasteiger partial charge in [-0.15, -0.1) is 11.8 Å². The number of ether oxygens (including phenoxy) is 1. The summed E-state index contributed by atoms with van der Waals surface area (Å²) >= 11 is 7.38. The van der Waals surface area contributed by atoms with Gasteiger partial charge in [0, 0.05) is 28.9 Å². The Morgan fingerprint density at radius 2 is 1.85 bits per heavy atom. The smallest absolute Gasteiger partial charge is 0.243 e. The van der Waals surface area contributed by atoms with Gasteiger partial charge in [-0.1, -0.05) is 43.6 Å². The number of carbonyl (C=O) groups excluding carboxylic acids is 2. The van der Waals surface area contributed by atoms with Crippen molar-refractivity contribution in [1.29, 1.82) is 0 Å². The highest BCUT2D eigenvalue weighted by molar-refractivity contribution is 7.99. The second kappa shape index (κ2) is 13.5. The molecule has 2 amide bonds. The fourth-order valence-corrected chi connectivity index (χ4v) is 4.53. The number of rotatable bonds is 12. The predicted octanol–water partition coefficient (Wildman–Crippen LogP) is 5.44. The zero-order valence-electron chi connectivity index (χ0n) is 19.6. The van der Waals surface area contributed by atoms with Gasteiger partial charge in [0.25, 0.3) is 0 Å². The first-order valence-corrected chi connectivity index (χ1v) is 12.6. The Balaban J connectivity index is 2.18. The van der Waals surface area contributed by atoms with Gasteiger partial charge in [-0.05, 0) is 49.6 Å². The van der Waals surface area contributed by atoms with Gasteiger partial charge in [-0.2, -0.15) is 0 Å². The molecule has 0 aliphatic heterocycles. The summed E-state index contributed by atoms with van der Waals surface area (Å²) in [5.41, 5.74) is 1.27. The van der Waals surface area contributed by atoms with E-state index in [0.717, 1.165) is 17.7 Å². The lowest BCUT2D eigenvalue weighted by Gasteiger charge is -2.31. The number of halogens is 2. The van der Waals surface area contributed by atoms with Gasteiger partial charge in [-0.25, -0.2) is 4.39 Å². The van der Waals surface area contributed by atoms with E-state index in [9.17, 15) is 14.0 Å². The maximum atomic E-state index is 14.1. The third-order valence-electron chi connectivity index (χ3n) is 5.43. The minimum atomic E-state index is -0.605. The van der Waals surface area contributed by atoms with Gasteiger partial charge in [0.15, 0.2) is 0 Å². The fraction of sp³-hybridized carbons (Fsp3) is 0.440. The number of nitrogens with zero attached hydrogens (tertiary/aromatic N) is 1. The van der Waals surface area contributed by atoms with E-state index in [1.165, 1.54) is 17.8 Å². The average Bonchev–Trinajstić information content (AvgIpc) is 2.81. The van der Waals surface area contributed by atoms with E-state index in [1.807, 2.05) is 45.0 Å². The van der Waals surface area contributed by atoms with Crippen LogP contribution in [-0.4, -0.2) is 41.7 Å². The van der Waals surface area contributed by atoms with E-state index in [1.54, 1.807) is 24.1 Å². The number of carbonyl (C=O) groups is 2. The van der Waals surface area contributed by atoms with Gasteiger partial charge in [-0.3, -0.25) is 9.59 Å². The lowest BCUT2D eigenvalue weighted by molar-refractivity contribution is -0.139. The minimum Gasteiger partial charge on any atom is -0.497 e. The van der Waals surface area contributed by atoms with Crippen LogP contribution < -0.4 is 10.1 Å². The maximum absolute atomic E-state index is 14.1. The number of hydrogen-bond donors (Lipinski definition) is 1. The molecule has 8 heteroatoms. The van der Waals surface area contributed by atoms with Crippen molar-refractivity contribution in [2.75, 3.05) is 12.9 Å². The highest BCUT2D eigenvalue weighted by Gasteiger charge is 2.29. The number of hydrogen-bond acceptors (Lipinski definition) is 4. The molecule has 33 heavy (non-hydrogen) atoms. The zero-order valence-corrected chi connectivity index (χ0v) is 21.1. The molecule has 0 aliphatic carbocycles. The molecule has 0 heterocycles. The molecule has 2 atom stereocenters. The molecule has 2 aromatic carbocycles. The summed E-state index contributed by atoms with van der Waals surface area (Å²) in [7, 11) is 1.59. The lowest BCUT2D eigenvalue weighted by atomic mass is 10.1. The summed E-state index contributed by atoms with van der Waals surface area (Å²) < 4.78 is 19.3. The first-order chi connectivity index (χ1) is 15.8. The molecule has 0 fully saturated rings. The van der Waals surface area contributed by atoms with Crippen LogP contribution in [0.3, 0.4) is 0 Å². The third-order valence-corrected chi connectivity index (χ3v) is 6.73. The summed E-state index contributed by atoms with van der Waals surface area (Å²) in [5, 5.41) is 3.33. The zero-order chi connectivity index (χ0) is 24.4. The van der Waals surface area contributed by atoms with Gasteiger partial charge >= 0.3 is 0 Å². The number of amides is 2. The van der Waals surface area contributed by atoms with Crippen molar-refractivity contribution >= 4 is 35.2 Å². The van der Waals surface area contributed by atoms with Crippen LogP contribution in [0.5, 0.6) is 5.75 Å². The first kappa shape index (κ1) is 27.0. The molecule has 0 unspecified atom stereocenters. The van der Waals surface area contributed by atoms with Crippen molar-refractivity contribution in [3.63, 3.8) is 0 Å². The third kappa shape index (κ3) is 7.93. The molecule has 0 aliphatic rings. The summed E-state index contributed by atoms with van der Waals surface area (Å²) in [6.45, 7) is 6.11. The topological polar surface area (TPSA) is 58.6 Å². The summed E-state index contributed by atoms with van der Waals surface area (Å²) in [4.78, 5) is 27.8. The van der Waals surface area contributed by atoms with E-state index in [2.05, 4.69) is 5.32 Å². The normalized spacial score (nSPS) is 12.7. The Kier molecular flexibility index (Phi) is 11.0. The van der Waals surface area contributed by atoms with E-state index >= 15 is 0 Å². The molecule has 0 spiro atoms. The predicted molar refractivity (Wildman–Crippen MR) is 133 cm³/mol. The Morgan fingerprint density at radius 3 is 2.42 bits per heavy atom. The molecule has 0 aromatic heterocycles. The molecule has 0 saturated carbocycles. The van der Waals surface area contributed by atoms with E-state index in [0.29, 0.717) is 17.0 Å². The number of benzene rings is 2. The van der Waals surface area contributed by atoms with Crippen molar-refractivity contribution in [3.05, 3.63) is 64.4 Å². The summed E-state index contributed by atoms with van der Waals surface area (Å²) in [5.74, 6) is 0.343. The Labute approximate surface area is 205 Å². The molecule has 0 saturated heterocycles. The van der Waals surface area contributed by atoms with Crippen LogP contribution in [0.2, 0.25) is 5.02 Å². The van der Waals surface area contributed by atoms with Crippen LogP contribution in [0.4, 0.5) is 4.39 Å².